The smallest absolute Gasteiger partial charge is 0.241 e. The lowest BCUT2D eigenvalue weighted by atomic mass is 9.55. The normalized spacial score (nSPS) is 34.2. The van der Waals surface area contributed by atoms with Gasteiger partial charge in [-0.25, -0.2) is 0 Å². The van der Waals surface area contributed by atoms with Gasteiger partial charge >= 0.3 is 0 Å². The summed E-state index contributed by atoms with van der Waals surface area (Å²) in [7, 11) is -0.340. The van der Waals surface area contributed by atoms with E-state index < -0.39 is 13.7 Å². The highest BCUT2D eigenvalue weighted by atomic mass is 28.4. The molecule has 1 aliphatic heterocycles. The summed E-state index contributed by atoms with van der Waals surface area (Å²) in [4.78, 5) is 16.7. The predicted octanol–water partition coefficient (Wildman–Crippen LogP) is 8.62. The average Bonchev–Trinajstić information content (AvgIpc) is 3.46. The minimum atomic E-state index is -2.10. The fourth-order valence-electron chi connectivity index (χ4n) is 8.89. The molecule has 6 rings (SSSR count). The van der Waals surface area contributed by atoms with E-state index in [2.05, 4.69) is 107 Å². The fourth-order valence-corrected chi connectivity index (χ4v) is 10.3. The molecule has 0 aromatic heterocycles. The third-order valence-electron chi connectivity index (χ3n) is 12.4. The van der Waals surface area contributed by atoms with E-state index in [1.165, 1.54) is 24.0 Å². The van der Waals surface area contributed by atoms with Gasteiger partial charge < -0.3 is 14.1 Å². The Bertz CT molecular complexity index is 1360. The van der Waals surface area contributed by atoms with Gasteiger partial charge in [0.05, 0.1) is 24.7 Å². The van der Waals surface area contributed by atoms with Crippen LogP contribution in [0.1, 0.15) is 89.3 Å². The molecule has 0 radical (unpaired) electrons. The zero-order valence-corrected chi connectivity index (χ0v) is 28.1. The van der Waals surface area contributed by atoms with Gasteiger partial charge in [0.15, 0.2) is 8.32 Å². The van der Waals surface area contributed by atoms with Crippen molar-refractivity contribution in [3.05, 3.63) is 77.5 Å². The quantitative estimate of drug-likeness (QED) is 0.319. The van der Waals surface area contributed by atoms with Crippen LogP contribution in [0.3, 0.4) is 0 Å². The van der Waals surface area contributed by atoms with Crippen molar-refractivity contribution >= 4 is 14.2 Å². The lowest BCUT2D eigenvalue weighted by molar-refractivity contribution is -0.135. The number of hydrogen-bond donors (Lipinski definition) is 0. The van der Waals surface area contributed by atoms with Gasteiger partial charge in [-0.05, 0) is 115 Å². The van der Waals surface area contributed by atoms with Gasteiger partial charge in [0.1, 0.15) is 5.75 Å². The molecule has 1 amide bonds. The Morgan fingerprint density at radius 3 is 2.48 bits per heavy atom. The molecule has 4 aliphatic rings. The molecule has 0 spiro atoms. The van der Waals surface area contributed by atoms with Crippen molar-refractivity contribution in [3.8, 4) is 5.75 Å². The summed E-state index contributed by atoms with van der Waals surface area (Å²) in [5.74, 6) is 2.92. The number of fused-ring (bicyclic) bond motifs is 5. The Labute approximate surface area is 255 Å². The number of nitrogens with zero attached hydrogens (tertiary/aromatic N) is 1. The molecule has 3 aliphatic carbocycles. The maximum Gasteiger partial charge on any atom is 0.241 e. The van der Waals surface area contributed by atoms with E-state index in [9.17, 15) is 4.79 Å². The van der Waals surface area contributed by atoms with Crippen molar-refractivity contribution in [3.63, 3.8) is 0 Å². The van der Waals surface area contributed by atoms with Crippen molar-refractivity contribution in [1.82, 2.24) is 4.90 Å². The highest BCUT2D eigenvalue weighted by molar-refractivity contribution is 6.74. The van der Waals surface area contributed by atoms with E-state index in [1.807, 2.05) is 6.07 Å². The molecule has 2 aromatic rings. The molecule has 0 saturated heterocycles. The highest BCUT2D eigenvalue weighted by Gasteiger charge is 2.63. The molecule has 0 bridgehead atoms. The number of amides is 1. The minimum absolute atomic E-state index is 0.0404. The molecule has 2 aromatic carbocycles. The molecule has 4 nitrogen and oxygen atoms in total. The number of rotatable bonds is 6. The maximum atomic E-state index is 14.6. The number of ether oxygens (including phenoxy) is 1. The number of benzene rings is 2. The maximum absolute atomic E-state index is 14.6. The largest absolute Gasteiger partial charge is 0.497 e. The Morgan fingerprint density at radius 1 is 1.07 bits per heavy atom. The van der Waals surface area contributed by atoms with Crippen LogP contribution in [-0.4, -0.2) is 38.4 Å². The van der Waals surface area contributed by atoms with Gasteiger partial charge in [-0.3, -0.25) is 4.79 Å². The summed E-state index contributed by atoms with van der Waals surface area (Å²) >= 11 is 0. The summed E-state index contributed by atoms with van der Waals surface area (Å²) in [6.45, 7) is 16.5. The molecule has 7 atom stereocenters. The van der Waals surface area contributed by atoms with Gasteiger partial charge in [0, 0.05) is 6.20 Å². The van der Waals surface area contributed by atoms with Crippen LogP contribution in [0.4, 0.5) is 0 Å². The number of carbonyl (C=O) groups is 1. The van der Waals surface area contributed by atoms with Crippen molar-refractivity contribution in [2.45, 2.75) is 115 Å². The molecular weight excluding hydrogens is 534 g/mol. The molecule has 2 saturated carbocycles. The van der Waals surface area contributed by atoms with Crippen molar-refractivity contribution < 1.29 is 14.0 Å². The minimum Gasteiger partial charge on any atom is -0.497 e. The van der Waals surface area contributed by atoms with E-state index >= 15 is 0 Å². The van der Waals surface area contributed by atoms with Crippen molar-refractivity contribution in [2.24, 2.45) is 17.3 Å². The first-order chi connectivity index (χ1) is 19.9. The van der Waals surface area contributed by atoms with Gasteiger partial charge in [-0.15, -0.1) is 0 Å². The first kappa shape index (κ1) is 29.7. The van der Waals surface area contributed by atoms with Crippen LogP contribution >= 0.6 is 0 Å². The first-order valence-electron chi connectivity index (χ1n) is 16.3. The Balaban J connectivity index is 1.38. The SMILES string of the molecule is CCC1(c2ccccc2)C=CN([C@H]2C[C@H]3[C@@H]4CCc5cc(OC)ccc5[C@H]4CC[C@]3(C)C2O[Si](C)(C)C(C)(C)C)C1=O. The molecule has 5 heteroatoms. The second kappa shape index (κ2) is 10.4. The van der Waals surface area contributed by atoms with E-state index in [0.29, 0.717) is 17.8 Å². The van der Waals surface area contributed by atoms with Gasteiger partial charge in [0.25, 0.3) is 0 Å². The topological polar surface area (TPSA) is 38.8 Å². The number of aryl methyl sites for hydroxylation is 1. The van der Waals surface area contributed by atoms with Gasteiger partial charge in [-0.2, -0.15) is 0 Å². The van der Waals surface area contributed by atoms with Gasteiger partial charge in [-0.1, -0.05) is 71.0 Å². The third-order valence-corrected chi connectivity index (χ3v) is 16.9. The summed E-state index contributed by atoms with van der Waals surface area (Å²) in [6.07, 6.45) is 10.8. The molecule has 1 heterocycles. The number of carbonyl (C=O) groups excluding carboxylic acids is 1. The van der Waals surface area contributed by atoms with Gasteiger partial charge in [0.2, 0.25) is 5.91 Å². The van der Waals surface area contributed by atoms with E-state index in [1.54, 1.807) is 7.11 Å². The van der Waals surface area contributed by atoms with Crippen LogP contribution < -0.4 is 4.74 Å². The van der Waals surface area contributed by atoms with Crippen LogP contribution in [0.2, 0.25) is 18.1 Å². The van der Waals surface area contributed by atoms with Crippen molar-refractivity contribution in [1.29, 1.82) is 0 Å². The average molecular weight is 586 g/mol. The number of methoxy groups -OCH3 is 1. The molecule has 42 heavy (non-hydrogen) atoms. The molecule has 226 valence electrons. The third kappa shape index (κ3) is 4.44. The second-order valence-electron chi connectivity index (χ2n) is 15.3. The molecule has 2 unspecified atom stereocenters. The van der Waals surface area contributed by atoms with Crippen LogP contribution in [0.25, 0.3) is 0 Å². The molecular formula is C37H51NO3Si. The zero-order chi connectivity index (χ0) is 30.1. The highest BCUT2D eigenvalue weighted by Crippen LogP contribution is 2.63. The Kier molecular flexibility index (Phi) is 7.33. The van der Waals surface area contributed by atoms with E-state index in [4.69, 9.17) is 9.16 Å². The lowest BCUT2D eigenvalue weighted by Gasteiger charge is -2.52. The number of hydrogen-bond acceptors (Lipinski definition) is 3. The summed E-state index contributed by atoms with van der Waals surface area (Å²) < 4.78 is 13.1. The monoisotopic (exact) mass is 585 g/mol. The molecule has 0 N–H and O–H groups in total. The van der Waals surface area contributed by atoms with E-state index in [0.717, 1.165) is 37.0 Å². The van der Waals surface area contributed by atoms with Crippen molar-refractivity contribution in [2.75, 3.05) is 7.11 Å². The first-order valence-corrected chi connectivity index (χ1v) is 19.2. The lowest BCUT2D eigenvalue weighted by Crippen LogP contribution is -2.55. The summed E-state index contributed by atoms with van der Waals surface area (Å²) in [6, 6.07) is 17.2. The summed E-state index contributed by atoms with van der Waals surface area (Å²) in [5, 5.41) is 0.105. The van der Waals surface area contributed by atoms with Crippen LogP contribution in [0.5, 0.6) is 5.75 Å². The summed E-state index contributed by atoms with van der Waals surface area (Å²) in [5.41, 5.74) is 3.55. The van der Waals surface area contributed by atoms with E-state index in [-0.39, 0.29) is 28.5 Å². The van der Waals surface area contributed by atoms with Crippen LogP contribution in [-0.2, 0) is 21.1 Å². The van der Waals surface area contributed by atoms with Crippen LogP contribution in [0, 0.1) is 17.3 Å². The Morgan fingerprint density at radius 2 is 1.81 bits per heavy atom. The van der Waals surface area contributed by atoms with Crippen LogP contribution in [0.15, 0.2) is 60.8 Å². The fraction of sp³-hybridized carbons (Fsp3) is 0.595. The molecule has 2 fully saturated rings. The second-order valence-corrected chi connectivity index (χ2v) is 20.1. The predicted molar refractivity (Wildman–Crippen MR) is 173 cm³/mol. The Hall–Kier alpha value is -2.37. The standard InChI is InChI=1S/C37H51NO3Si/c1-9-37(26-13-11-10-12-14-26)21-22-38(34(37)39)32-24-31-30-17-15-25-23-27(40-6)16-18-28(25)29(30)19-20-36(31,5)33(32)41-42(7,8)35(2,3)4/h10-14,16,18,21-23,29-33H,9,15,17,19-20,24H2,1-8H3/t29-,30-,31+,32+,33?,36+,37?/m1/s1. The zero-order valence-electron chi connectivity index (χ0n) is 27.1.